The van der Waals surface area contributed by atoms with Gasteiger partial charge in [-0.15, -0.1) is 10.2 Å². The second-order valence-corrected chi connectivity index (χ2v) is 7.30. The summed E-state index contributed by atoms with van der Waals surface area (Å²) in [7, 11) is 0. The van der Waals surface area contributed by atoms with Crippen LogP contribution < -0.4 is 4.74 Å². The molecule has 5 nitrogen and oxygen atoms in total. The third kappa shape index (κ3) is 3.94. The van der Waals surface area contributed by atoms with Crippen molar-refractivity contribution in [3.05, 3.63) is 65.2 Å². The minimum Gasteiger partial charge on any atom is -0.477 e. The molecule has 0 unspecified atom stereocenters. The Labute approximate surface area is 166 Å². The Morgan fingerprint density at radius 2 is 1.76 bits per heavy atom. The lowest BCUT2D eigenvalue weighted by molar-refractivity contribution is 0.0869. The Hall–Kier alpha value is -3.34. The summed E-state index contributed by atoms with van der Waals surface area (Å²) in [5.41, 5.74) is -0.783. The molecule has 0 saturated heterocycles. The molecular formula is C21H19F3N4O. The summed E-state index contributed by atoms with van der Waals surface area (Å²) in [6.45, 7) is 7.06. The zero-order chi connectivity index (χ0) is 21.3. The van der Waals surface area contributed by atoms with Gasteiger partial charge in [0.05, 0.1) is 17.2 Å². The SMILES string of the molecule is CC(C)n1c(-c2ccc(C#N)cc2F)nnc1C(C)(C)Oc1ccc(F)cc1F. The maximum Gasteiger partial charge on any atom is 0.177 e. The fraction of sp³-hybridized carbons (Fsp3) is 0.286. The smallest absolute Gasteiger partial charge is 0.177 e. The van der Waals surface area contributed by atoms with Gasteiger partial charge in [0.25, 0.3) is 0 Å². The molecule has 3 aromatic rings. The van der Waals surface area contributed by atoms with Gasteiger partial charge in [-0.25, -0.2) is 13.2 Å². The summed E-state index contributed by atoms with van der Waals surface area (Å²) < 4.78 is 49.3. The summed E-state index contributed by atoms with van der Waals surface area (Å²) in [6.07, 6.45) is 0. The molecule has 2 aromatic carbocycles. The van der Waals surface area contributed by atoms with Crippen molar-refractivity contribution >= 4 is 0 Å². The third-order valence-corrected chi connectivity index (χ3v) is 4.35. The molecule has 150 valence electrons. The molecule has 0 aliphatic rings. The average molecular weight is 400 g/mol. The fourth-order valence-electron chi connectivity index (χ4n) is 3.02. The van der Waals surface area contributed by atoms with E-state index in [1.807, 2.05) is 19.9 Å². The molecule has 8 heteroatoms. The van der Waals surface area contributed by atoms with Crippen LogP contribution in [-0.2, 0) is 5.60 Å². The topological polar surface area (TPSA) is 63.7 Å². The van der Waals surface area contributed by atoms with Crippen molar-refractivity contribution in [1.29, 1.82) is 5.26 Å². The molecule has 0 fully saturated rings. The van der Waals surface area contributed by atoms with Crippen molar-refractivity contribution in [3.8, 4) is 23.2 Å². The van der Waals surface area contributed by atoms with Crippen molar-refractivity contribution in [2.45, 2.75) is 39.3 Å². The first-order valence-corrected chi connectivity index (χ1v) is 8.93. The van der Waals surface area contributed by atoms with E-state index >= 15 is 0 Å². The van der Waals surface area contributed by atoms with Crippen LogP contribution >= 0.6 is 0 Å². The highest BCUT2D eigenvalue weighted by atomic mass is 19.1. The van der Waals surface area contributed by atoms with Crippen molar-refractivity contribution in [2.75, 3.05) is 0 Å². The highest BCUT2D eigenvalue weighted by Gasteiger charge is 2.33. The first-order valence-electron chi connectivity index (χ1n) is 8.93. The minimum absolute atomic E-state index is 0.138. The van der Waals surface area contributed by atoms with E-state index in [0.717, 1.165) is 18.2 Å². The Kier molecular flexibility index (Phi) is 5.33. The normalized spacial score (nSPS) is 11.6. The number of hydrogen-bond donors (Lipinski definition) is 0. The lowest BCUT2D eigenvalue weighted by Gasteiger charge is -2.28. The largest absolute Gasteiger partial charge is 0.477 e. The molecule has 0 atom stereocenters. The quantitative estimate of drug-likeness (QED) is 0.596. The van der Waals surface area contributed by atoms with Crippen molar-refractivity contribution in [2.24, 2.45) is 0 Å². The Morgan fingerprint density at radius 3 is 2.34 bits per heavy atom. The van der Waals surface area contributed by atoms with Crippen LogP contribution in [0.1, 0.15) is 45.1 Å². The van der Waals surface area contributed by atoms with E-state index in [0.29, 0.717) is 5.82 Å². The summed E-state index contributed by atoms with van der Waals surface area (Å²) in [5, 5.41) is 17.2. The monoisotopic (exact) mass is 400 g/mol. The van der Waals surface area contributed by atoms with Gasteiger partial charge in [0.2, 0.25) is 0 Å². The fourth-order valence-corrected chi connectivity index (χ4v) is 3.02. The number of aromatic nitrogens is 3. The van der Waals surface area contributed by atoms with Crippen LogP contribution in [0.15, 0.2) is 36.4 Å². The summed E-state index contributed by atoms with van der Waals surface area (Å²) in [5.74, 6) is -1.69. The van der Waals surface area contributed by atoms with Gasteiger partial charge in [-0.1, -0.05) is 0 Å². The summed E-state index contributed by atoms with van der Waals surface area (Å²) in [6, 6.07) is 8.82. The first-order chi connectivity index (χ1) is 13.6. The summed E-state index contributed by atoms with van der Waals surface area (Å²) in [4.78, 5) is 0. The molecule has 0 spiro atoms. The molecule has 0 amide bonds. The number of nitrogens with zero attached hydrogens (tertiary/aromatic N) is 4. The van der Waals surface area contributed by atoms with Gasteiger partial charge in [0.15, 0.2) is 28.8 Å². The molecule has 29 heavy (non-hydrogen) atoms. The second kappa shape index (κ2) is 7.59. The van der Waals surface area contributed by atoms with Crippen LogP contribution in [0.4, 0.5) is 13.2 Å². The summed E-state index contributed by atoms with van der Waals surface area (Å²) >= 11 is 0. The van der Waals surface area contributed by atoms with Crippen LogP contribution in [0.3, 0.4) is 0 Å². The average Bonchev–Trinajstić information content (AvgIpc) is 3.10. The molecule has 0 aliphatic carbocycles. The molecule has 0 aliphatic heterocycles. The Bertz CT molecular complexity index is 1100. The van der Waals surface area contributed by atoms with Crippen LogP contribution in [0.5, 0.6) is 5.75 Å². The highest BCUT2D eigenvalue weighted by molar-refractivity contribution is 5.58. The van der Waals surface area contributed by atoms with Crippen molar-refractivity contribution in [3.63, 3.8) is 0 Å². The maximum absolute atomic E-state index is 14.6. The van der Waals surface area contributed by atoms with E-state index in [1.165, 1.54) is 18.2 Å². The maximum atomic E-state index is 14.6. The van der Waals surface area contributed by atoms with E-state index in [9.17, 15) is 13.2 Å². The number of rotatable bonds is 5. The number of ether oxygens (including phenoxy) is 1. The molecule has 0 bridgehead atoms. The molecule has 1 aromatic heterocycles. The molecule has 0 N–H and O–H groups in total. The zero-order valence-corrected chi connectivity index (χ0v) is 16.4. The van der Waals surface area contributed by atoms with Gasteiger partial charge in [-0.05, 0) is 58.0 Å². The molecule has 0 saturated carbocycles. The predicted molar refractivity (Wildman–Crippen MR) is 101 cm³/mol. The second-order valence-electron chi connectivity index (χ2n) is 7.30. The van der Waals surface area contributed by atoms with Crippen molar-refractivity contribution in [1.82, 2.24) is 14.8 Å². The van der Waals surface area contributed by atoms with Gasteiger partial charge >= 0.3 is 0 Å². The van der Waals surface area contributed by atoms with Gasteiger partial charge in [0.1, 0.15) is 11.6 Å². The van der Waals surface area contributed by atoms with E-state index in [-0.39, 0.29) is 28.7 Å². The van der Waals surface area contributed by atoms with Crippen LogP contribution in [0.2, 0.25) is 0 Å². The first kappa shape index (κ1) is 20.4. The molecule has 3 rings (SSSR count). The standard InChI is InChI=1S/C21H19F3N4O/c1-12(2)28-19(15-7-5-13(11-25)9-16(15)23)26-27-20(28)21(3,4)29-18-8-6-14(22)10-17(18)24/h5-10,12H,1-4H3. The third-order valence-electron chi connectivity index (χ3n) is 4.35. The predicted octanol–water partition coefficient (Wildman–Crippen LogP) is 5.13. The Balaban J connectivity index is 2.07. The van der Waals surface area contributed by atoms with Crippen LogP contribution in [-0.4, -0.2) is 14.8 Å². The van der Waals surface area contributed by atoms with Crippen LogP contribution in [0.25, 0.3) is 11.4 Å². The number of hydrogen-bond acceptors (Lipinski definition) is 4. The molecular weight excluding hydrogens is 381 g/mol. The lowest BCUT2D eigenvalue weighted by atomic mass is 10.1. The number of benzene rings is 2. The van der Waals surface area contributed by atoms with E-state index < -0.39 is 23.1 Å². The molecule has 1 heterocycles. The highest BCUT2D eigenvalue weighted by Crippen LogP contribution is 2.33. The van der Waals surface area contributed by atoms with Gasteiger partial charge in [0, 0.05) is 12.1 Å². The lowest BCUT2D eigenvalue weighted by Crippen LogP contribution is -2.31. The van der Waals surface area contributed by atoms with Gasteiger partial charge in [-0.3, -0.25) is 0 Å². The minimum atomic E-state index is -1.16. The number of halogens is 3. The van der Waals surface area contributed by atoms with E-state index in [4.69, 9.17) is 10.00 Å². The van der Waals surface area contributed by atoms with Gasteiger partial charge in [-0.2, -0.15) is 5.26 Å². The zero-order valence-electron chi connectivity index (χ0n) is 16.4. The van der Waals surface area contributed by atoms with Crippen molar-refractivity contribution < 1.29 is 17.9 Å². The number of nitriles is 1. The van der Waals surface area contributed by atoms with E-state index in [2.05, 4.69) is 10.2 Å². The molecule has 0 radical (unpaired) electrons. The van der Waals surface area contributed by atoms with Crippen LogP contribution in [0, 0.1) is 28.8 Å². The van der Waals surface area contributed by atoms with Gasteiger partial charge < -0.3 is 9.30 Å². The Morgan fingerprint density at radius 1 is 1.03 bits per heavy atom. The van der Waals surface area contributed by atoms with E-state index in [1.54, 1.807) is 18.4 Å².